The molecule has 0 aromatic carbocycles. The first-order valence-electron chi connectivity index (χ1n) is 5.24. The third-order valence-electron chi connectivity index (χ3n) is 2.67. The van der Waals surface area contributed by atoms with Crippen LogP contribution in [0.15, 0.2) is 18.6 Å². The molecule has 0 radical (unpaired) electrons. The molecule has 2 aromatic heterocycles. The lowest BCUT2D eigenvalue weighted by Crippen LogP contribution is -2.35. The van der Waals surface area contributed by atoms with Crippen LogP contribution in [0.3, 0.4) is 0 Å². The maximum Gasteiger partial charge on any atom is 0.225 e. The normalized spacial score (nSPS) is 14.9. The van der Waals surface area contributed by atoms with Gasteiger partial charge >= 0.3 is 0 Å². The first kappa shape index (κ1) is 9.26. The number of hydrogen-bond acceptors (Lipinski definition) is 5. The van der Waals surface area contributed by atoms with Crippen LogP contribution in [0.25, 0.3) is 0 Å². The SMILES string of the molecule is Cc1ccnc(N2CCn3ncnc3C2)n1. The highest BCUT2D eigenvalue weighted by molar-refractivity contribution is 5.31. The summed E-state index contributed by atoms with van der Waals surface area (Å²) in [6.45, 7) is 4.41. The van der Waals surface area contributed by atoms with E-state index in [0.29, 0.717) is 0 Å². The molecule has 2 aromatic rings. The maximum absolute atomic E-state index is 4.41. The Bertz CT molecular complexity index is 506. The van der Waals surface area contributed by atoms with Crippen LogP contribution in [0.5, 0.6) is 0 Å². The van der Waals surface area contributed by atoms with E-state index in [1.807, 2.05) is 17.7 Å². The van der Waals surface area contributed by atoms with E-state index in [1.165, 1.54) is 0 Å². The van der Waals surface area contributed by atoms with Gasteiger partial charge in [-0.3, -0.25) is 0 Å². The van der Waals surface area contributed by atoms with Crippen LogP contribution >= 0.6 is 0 Å². The largest absolute Gasteiger partial charge is 0.331 e. The minimum Gasteiger partial charge on any atom is -0.331 e. The summed E-state index contributed by atoms with van der Waals surface area (Å²) in [6, 6.07) is 1.90. The van der Waals surface area contributed by atoms with Gasteiger partial charge < -0.3 is 4.90 Å². The standard InChI is InChI=1S/C10H12N6/c1-8-2-3-11-10(14-8)15-4-5-16-9(6-15)12-7-13-16/h2-3,7H,4-6H2,1H3. The Morgan fingerprint density at radius 3 is 3.06 bits per heavy atom. The molecule has 3 heterocycles. The highest BCUT2D eigenvalue weighted by Gasteiger charge is 2.19. The molecule has 0 unspecified atom stereocenters. The predicted molar refractivity (Wildman–Crippen MR) is 57.8 cm³/mol. The number of fused-ring (bicyclic) bond motifs is 1. The molecule has 16 heavy (non-hydrogen) atoms. The molecule has 1 aliphatic heterocycles. The van der Waals surface area contributed by atoms with Crippen molar-refractivity contribution in [1.29, 1.82) is 0 Å². The summed E-state index contributed by atoms with van der Waals surface area (Å²) in [6.07, 6.45) is 3.38. The van der Waals surface area contributed by atoms with Gasteiger partial charge in [-0.25, -0.2) is 19.6 Å². The Balaban J connectivity index is 1.88. The number of aromatic nitrogens is 5. The van der Waals surface area contributed by atoms with Crippen LogP contribution in [-0.4, -0.2) is 31.3 Å². The summed E-state index contributed by atoms with van der Waals surface area (Å²) in [7, 11) is 0. The van der Waals surface area contributed by atoms with E-state index in [0.717, 1.165) is 37.1 Å². The molecule has 6 heteroatoms. The molecule has 0 amide bonds. The van der Waals surface area contributed by atoms with Crippen molar-refractivity contribution in [2.24, 2.45) is 0 Å². The Hall–Kier alpha value is -1.98. The van der Waals surface area contributed by atoms with Crippen molar-refractivity contribution >= 4 is 5.95 Å². The van der Waals surface area contributed by atoms with Crippen molar-refractivity contribution in [3.8, 4) is 0 Å². The molecule has 0 saturated heterocycles. The van der Waals surface area contributed by atoms with E-state index in [2.05, 4.69) is 25.0 Å². The lowest BCUT2D eigenvalue weighted by atomic mass is 10.4. The second kappa shape index (κ2) is 3.55. The van der Waals surface area contributed by atoms with E-state index in [-0.39, 0.29) is 0 Å². The minimum absolute atomic E-state index is 0.726. The molecule has 6 nitrogen and oxygen atoms in total. The topological polar surface area (TPSA) is 59.7 Å². The Morgan fingerprint density at radius 1 is 1.25 bits per heavy atom. The smallest absolute Gasteiger partial charge is 0.225 e. The van der Waals surface area contributed by atoms with Crippen molar-refractivity contribution < 1.29 is 0 Å². The monoisotopic (exact) mass is 216 g/mol. The summed E-state index contributed by atoms with van der Waals surface area (Å²) < 4.78 is 1.92. The maximum atomic E-state index is 4.41. The fourth-order valence-electron chi connectivity index (χ4n) is 1.82. The van der Waals surface area contributed by atoms with E-state index in [9.17, 15) is 0 Å². The average molecular weight is 216 g/mol. The number of hydrogen-bond donors (Lipinski definition) is 0. The molecule has 0 atom stereocenters. The van der Waals surface area contributed by atoms with Crippen molar-refractivity contribution in [2.45, 2.75) is 20.0 Å². The fraction of sp³-hybridized carbons (Fsp3) is 0.400. The van der Waals surface area contributed by atoms with Crippen molar-refractivity contribution in [2.75, 3.05) is 11.4 Å². The van der Waals surface area contributed by atoms with Crippen molar-refractivity contribution in [3.05, 3.63) is 30.1 Å². The van der Waals surface area contributed by atoms with E-state index in [1.54, 1.807) is 12.5 Å². The Kier molecular flexibility index (Phi) is 2.05. The third-order valence-corrected chi connectivity index (χ3v) is 2.67. The first-order chi connectivity index (χ1) is 7.83. The first-order valence-corrected chi connectivity index (χ1v) is 5.24. The highest BCUT2D eigenvalue weighted by atomic mass is 15.4. The predicted octanol–water partition coefficient (Wildman–Crippen LogP) is 0.397. The number of nitrogens with zero attached hydrogens (tertiary/aromatic N) is 6. The Labute approximate surface area is 93.0 Å². The van der Waals surface area contributed by atoms with Crippen LogP contribution in [-0.2, 0) is 13.1 Å². The number of aryl methyl sites for hydroxylation is 1. The van der Waals surface area contributed by atoms with Gasteiger partial charge in [-0.15, -0.1) is 0 Å². The molecular weight excluding hydrogens is 204 g/mol. The Morgan fingerprint density at radius 2 is 2.19 bits per heavy atom. The molecule has 0 N–H and O–H groups in total. The summed E-state index contributed by atoms with van der Waals surface area (Å²) in [5, 5.41) is 4.14. The lowest BCUT2D eigenvalue weighted by Gasteiger charge is -2.26. The van der Waals surface area contributed by atoms with E-state index in [4.69, 9.17) is 0 Å². The van der Waals surface area contributed by atoms with Crippen LogP contribution in [0.2, 0.25) is 0 Å². The molecule has 0 bridgehead atoms. The van der Waals surface area contributed by atoms with Gasteiger partial charge in [-0.2, -0.15) is 5.10 Å². The molecule has 1 aliphatic rings. The van der Waals surface area contributed by atoms with Gasteiger partial charge in [-0.1, -0.05) is 0 Å². The zero-order chi connectivity index (χ0) is 11.0. The number of anilines is 1. The van der Waals surface area contributed by atoms with Gasteiger partial charge in [0.15, 0.2) is 0 Å². The summed E-state index contributed by atoms with van der Waals surface area (Å²) >= 11 is 0. The van der Waals surface area contributed by atoms with Gasteiger partial charge in [-0.05, 0) is 13.0 Å². The summed E-state index contributed by atoms with van der Waals surface area (Å²) in [5.41, 5.74) is 0.983. The molecule has 0 saturated carbocycles. The van der Waals surface area contributed by atoms with Gasteiger partial charge in [0.1, 0.15) is 12.2 Å². The number of rotatable bonds is 1. The van der Waals surface area contributed by atoms with Crippen LogP contribution in [0.4, 0.5) is 5.95 Å². The zero-order valence-electron chi connectivity index (χ0n) is 9.04. The van der Waals surface area contributed by atoms with Crippen LogP contribution < -0.4 is 4.90 Å². The summed E-state index contributed by atoms with van der Waals surface area (Å²) in [5.74, 6) is 1.74. The second-order valence-electron chi connectivity index (χ2n) is 3.82. The van der Waals surface area contributed by atoms with Gasteiger partial charge in [0.25, 0.3) is 0 Å². The summed E-state index contributed by atoms with van der Waals surface area (Å²) in [4.78, 5) is 15.0. The molecule has 0 fully saturated rings. The molecule has 0 spiro atoms. The minimum atomic E-state index is 0.726. The second-order valence-corrected chi connectivity index (χ2v) is 3.82. The molecular formula is C10H12N6. The zero-order valence-corrected chi connectivity index (χ0v) is 9.04. The highest BCUT2D eigenvalue weighted by Crippen LogP contribution is 2.14. The van der Waals surface area contributed by atoms with Crippen LogP contribution in [0.1, 0.15) is 11.5 Å². The quantitative estimate of drug-likeness (QED) is 0.690. The van der Waals surface area contributed by atoms with E-state index < -0.39 is 0 Å². The van der Waals surface area contributed by atoms with Gasteiger partial charge in [0.05, 0.1) is 13.1 Å². The average Bonchev–Trinajstić information content (AvgIpc) is 2.75. The van der Waals surface area contributed by atoms with Gasteiger partial charge in [0.2, 0.25) is 5.95 Å². The van der Waals surface area contributed by atoms with Gasteiger partial charge in [0, 0.05) is 18.4 Å². The van der Waals surface area contributed by atoms with E-state index >= 15 is 0 Å². The lowest BCUT2D eigenvalue weighted by molar-refractivity contribution is 0.506. The third kappa shape index (κ3) is 1.52. The molecule has 3 rings (SSSR count). The molecule has 82 valence electrons. The van der Waals surface area contributed by atoms with Crippen molar-refractivity contribution in [1.82, 2.24) is 24.7 Å². The fourth-order valence-corrected chi connectivity index (χ4v) is 1.82. The van der Waals surface area contributed by atoms with Crippen LogP contribution in [0, 0.1) is 6.92 Å². The van der Waals surface area contributed by atoms with Crippen molar-refractivity contribution in [3.63, 3.8) is 0 Å². The molecule has 0 aliphatic carbocycles.